The van der Waals surface area contributed by atoms with Gasteiger partial charge in [0.25, 0.3) is 5.56 Å². The normalized spacial score (nSPS) is 15.5. The molecule has 0 aliphatic heterocycles. The van der Waals surface area contributed by atoms with Gasteiger partial charge in [0.2, 0.25) is 5.91 Å². The van der Waals surface area contributed by atoms with Crippen molar-refractivity contribution in [2.24, 2.45) is 0 Å². The standard InChI is InChI=1S/C21H25ClN4O3S/c1-3-11-26-19(28)16-10-9-14(22)12-17(16)24-21(26)30-13(2)18(27)25-20(29)23-15-7-5-4-6-8-15/h3,9-10,12-13,15H,1,4-8,11H2,2H3,(H2,23,25,27,29)/t13-/m0/s1. The number of carbonyl (C=O) groups is 2. The topological polar surface area (TPSA) is 93.1 Å². The van der Waals surface area contributed by atoms with E-state index in [-0.39, 0.29) is 18.1 Å². The smallest absolute Gasteiger partial charge is 0.321 e. The van der Waals surface area contributed by atoms with Crippen LogP contribution in [0.15, 0.2) is 40.8 Å². The van der Waals surface area contributed by atoms with Gasteiger partial charge in [-0.2, -0.15) is 0 Å². The van der Waals surface area contributed by atoms with Crippen LogP contribution in [-0.4, -0.2) is 32.8 Å². The summed E-state index contributed by atoms with van der Waals surface area (Å²) in [6.45, 7) is 5.61. The number of benzene rings is 1. The van der Waals surface area contributed by atoms with Crippen molar-refractivity contribution >= 4 is 46.2 Å². The number of fused-ring (bicyclic) bond motifs is 1. The van der Waals surface area contributed by atoms with Gasteiger partial charge < -0.3 is 5.32 Å². The summed E-state index contributed by atoms with van der Waals surface area (Å²) in [6, 6.07) is 4.51. The number of hydrogen-bond donors (Lipinski definition) is 2. The number of nitrogens with one attached hydrogen (secondary N) is 2. The first-order valence-electron chi connectivity index (χ1n) is 9.98. The minimum Gasteiger partial charge on any atom is -0.335 e. The molecule has 0 unspecified atom stereocenters. The van der Waals surface area contributed by atoms with Gasteiger partial charge in [0, 0.05) is 17.6 Å². The van der Waals surface area contributed by atoms with Crippen LogP contribution < -0.4 is 16.2 Å². The van der Waals surface area contributed by atoms with Crippen molar-refractivity contribution in [1.29, 1.82) is 0 Å². The lowest BCUT2D eigenvalue weighted by Gasteiger charge is -2.23. The Morgan fingerprint density at radius 1 is 1.37 bits per heavy atom. The summed E-state index contributed by atoms with van der Waals surface area (Å²) in [5, 5.41) is 5.89. The lowest BCUT2D eigenvalue weighted by Crippen LogP contribution is -2.47. The van der Waals surface area contributed by atoms with Gasteiger partial charge in [-0.15, -0.1) is 6.58 Å². The van der Waals surface area contributed by atoms with E-state index in [0.717, 1.165) is 37.4 Å². The van der Waals surface area contributed by atoms with Gasteiger partial charge in [0.1, 0.15) is 0 Å². The van der Waals surface area contributed by atoms with Crippen molar-refractivity contribution in [3.8, 4) is 0 Å². The molecule has 3 amide bonds. The van der Waals surface area contributed by atoms with Gasteiger partial charge in [-0.05, 0) is 38.0 Å². The number of imide groups is 1. The first kappa shape index (κ1) is 22.4. The van der Waals surface area contributed by atoms with Crippen molar-refractivity contribution in [2.45, 2.75) is 62.0 Å². The Kier molecular flexibility index (Phi) is 7.55. The zero-order valence-corrected chi connectivity index (χ0v) is 18.4. The maximum Gasteiger partial charge on any atom is 0.321 e. The summed E-state index contributed by atoms with van der Waals surface area (Å²) in [5.41, 5.74) is 0.222. The lowest BCUT2D eigenvalue weighted by molar-refractivity contribution is -0.119. The maximum atomic E-state index is 12.9. The summed E-state index contributed by atoms with van der Waals surface area (Å²) in [7, 11) is 0. The number of rotatable bonds is 6. The molecule has 1 aromatic heterocycles. The van der Waals surface area contributed by atoms with E-state index in [1.807, 2.05) is 0 Å². The van der Waals surface area contributed by atoms with Gasteiger partial charge in [0.15, 0.2) is 5.16 Å². The van der Waals surface area contributed by atoms with E-state index in [0.29, 0.717) is 21.1 Å². The first-order chi connectivity index (χ1) is 14.4. The predicted octanol–water partition coefficient (Wildman–Crippen LogP) is 3.88. The molecule has 1 aliphatic rings. The Balaban J connectivity index is 1.74. The van der Waals surface area contributed by atoms with Gasteiger partial charge in [0.05, 0.1) is 16.2 Å². The number of thioether (sulfide) groups is 1. The fourth-order valence-corrected chi connectivity index (χ4v) is 4.53. The fourth-order valence-electron chi connectivity index (χ4n) is 3.45. The average molecular weight is 449 g/mol. The Labute approximate surface area is 184 Å². The lowest BCUT2D eigenvalue weighted by atomic mass is 9.96. The molecule has 1 heterocycles. The van der Waals surface area contributed by atoms with Crippen molar-refractivity contribution in [1.82, 2.24) is 20.2 Å². The van der Waals surface area contributed by atoms with Crippen molar-refractivity contribution in [2.75, 3.05) is 0 Å². The molecular weight excluding hydrogens is 424 g/mol. The molecule has 0 spiro atoms. The average Bonchev–Trinajstić information content (AvgIpc) is 2.71. The molecule has 0 bridgehead atoms. The van der Waals surface area contributed by atoms with E-state index in [4.69, 9.17) is 11.6 Å². The zero-order chi connectivity index (χ0) is 21.7. The number of urea groups is 1. The third kappa shape index (κ3) is 5.43. The molecule has 9 heteroatoms. The van der Waals surface area contributed by atoms with Crippen LogP contribution in [0, 0.1) is 0 Å². The summed E-state index contributed by atoms with van der Waals surface area (Å²) < 4.78 is 1.46. The Hall–Kier alpha value is -2.32. The number of halogens is 1. The molecule has 3 rings (SSSR count). The summed E-state index contributed by atoms with van der Waals surface area (Å²) >= 11 is 7.15. The molecule has 1 saturated carbocycles. The quantitative estimate of drug-likeness (QED) is 0.397. The molecule has 2 N–H and O–H groups in total. The number of carbonyl (C=O) groups excluding carboxylic acids is 2. The zero-order valence-electron chi connectivity index (χ0n) is 16.8. The summed E-state index contributed by atoms with van der Waals surface area (Å²) in [4.78, 5) is 42.1. The van der Waals surface area contributed by atoms with Gasteiger partial charge in [-0.1, -0.05) is 48.7 Å². The highest BCUT2D eigenvalue weighted by Gasteiger charge is 2.22. The van der Waals surface area contributed by atoms with Gasteiger partial charge in [-0.3, -0.25) is 19.5 Å². The molecule has 0 radical (unpaired) electrons. The number of allylic oxidation sites excluding steroid dienone is 1. The van der Waals surface area contributed by atoms with E-state index < -0.39 is 17.2 Å². The van der Waals surface area contributed by atoms with Crippen LogP contribution in [0.25, 0.3) is 10.9 Å². The van der Waals surface area contributed by atoms with Crippen LogP contribution in [-0.2, 0) is 11.3 Å². The Morgan fingerprint density at radius 3 is 2.80 bits per heavy atom. The summed E-state index contributed by atoms with van der Waals surface area (Å²) in [6.07, 6.45) is 6.82. The van der Waals surface area contributed by atoms with E-state index in [1.54, 1.807) is 31.2 Å². The minimum atomic E-state index is -0.637. The molecular formula is C21H25ClN4O3S. The number of aromatic nitrogens is 2. The number of amides is 3. The van der Waals surface area contributed by atoms with Crippen molar-refractivity contribution in [3.63, 3.8) is 0 Å². The Bertz CT molecular complexity index is 1020. The van der Waals surface area contributed by atoms with Crippen LogP contribution in [0.4, 0.5) is 4.79 Å². The molecule has 1 aliphatic carbocycles. The van der Waals surface area contributed by atoms with E-state index in [2.05, 4.69) is 22.2 Å². The third-order valence-corrected chi connectivity index (χ3v) is 6.35. The van der Waals surface area contributed by atoms with Crippen LogP contribution in [0.3, 0.4) is 0 Å². The van der Waals surface area contributed by atoms with E-state index >= 15 is 0 Å². The molecule has 1 fully saturated rings. The molecule has 1 aromatic carbocycles. The highest BCUT2D eigenvalue weighted by atomic mass is 35.5. The summed E-state index contributed by atoms with van der Waals surface area (Å²) in [5.74, 6) is -0.445. The molecule has 2 aromatic rings. The monoisotopic (exact) mass is 448 g/mol. The van der Waals surface area contributed by atoms with Crippen LogP contribution in [0.2, 0.25) is 5.02 Å². The molecule has 7 nitrogen and oxygen atoms in total. The third-order valence-electron chi connectivity index (χ3n) is 5.02. The maximum absolute atomic E-state index is 12.9. The molecule has 0 saturated heterocycles. The first-order valence-corrected chi connectivity index (χ1v) is 11.2. The number of hydrogen-bond acceptors (Lipinski definition) is 5. The van der Waals surface area contributed by atoms with Crippen LogP contribution >= 0.6 is 23.4 Å². The van der Waals surface area contributed by atoms with Crippen molar-refractivity contribution in [3.05, 3.63) is 46.2 Å². The fraction of sp³-hybridized carbons (Fsp3) is 0.429. The molecule has 1 atom stereocenters. The second-order valence-corrected chi connectivity index (χ2v) is 9.06. The number of nitrogens with zero attached hydrogens (tertiary/aromatic N) is 2. The van der Waals surface area contributed by atoms with Gasteiger partial charge >= 0.3 is 6.03 Å². The van der Waals surface area contributed by atoms with E-state index in [9.17, 15) is 14.4 Å². The predicted molar refractivity (Wildman–Crippen MR) is 120 cm³/mol. The van der Waals surface area contributed by atoms with E-state index in [1.165, 1.54) is 11.0 Å². The van der Waals surface area contributed by atoms with Crippen molar-refractivity contribution < 1.29 is 9.59 Å². The Morgan fingerprint density at radius 2 is 2.10 bits per heavy atom. The largest absolute Gasteiger partial charge is 0.335 e. The van der Waals surface area contributed by atoms with Crippen LogP contribution in [0.1, 0.15) is 39.0 Å². The highest BCUT2D eigenvalue weighted by Crippen LogP contribution is 2.24. The second kappa shape index (κ2) is 10.1. The second-order valence-electron chi connectivity index (χ2n) is 7.32. The minimum absolute atomic E-state index is 0.110. The SMILES string of the molecule is C=CCn1c(S[C@@H](C)C(=O)NC(=O)NC2CCCCC2)nc2cc(Cl)ccc2c1=O. The molecule has 160 valence electrons. The highest BCUT2D eigenvalue weighted by molar-refractivity contribution is 8.00. The van der Waals surface area contributed by atoms with Gasteiger partial charge in [-0.25, -0.2) is 9.78 Å². The van der Waals surface area contributed by atoms with Crippen LogP contribution in [0.5, 0.6) is 0 Å². The molecule has 30 heavy (non-hydrogen) atoms.